The highest BCUT2D eigenvalue weighted by atomic mass is 16.6. The van der Waals surface area contributed by atoms with Crippen molar-refractivity contribution in [1.29, 1.82) is 0 Å². The Balaban J connectivity index is 3.07. The van der Waals surface area contributed by atoms with Crippen LogP contribution >= 0.6 is 0 Å². The molecule has 1 rings (SSSR count). The van der Waals surface area contributed by atoms with E-state index in [9.17, 15) is 19.2 Å². The summed E-state index contributed by atoms with van der Waals surface area (Å²) in [6.07, 6.45) is 0.362. The van der Waals surface area contributed by atoms with Gasteiger partial charge in [0.05, 0.1) is 0 Å². The Morgan fingerprint density at radius 1 is 1.08 bits per heavy atom. The molecule has 1 heterocycles. The molecule has 1 fully saturated rings. The van der Waals surface area contributed by atoms with Gasteiger partial charge in [0.1, 0.15) is 23.5 Å². The average Bonchev–Trinajstić information content (AvgIpc) is 2.36. The van der Waals surface area contributed by atoms with E-state index in [0.717, 1.165) is 4.90 Å². The maximum absolute atomic E-state index is 12.6. The summed E-state index contributed by atoms with van der Waals surface area (Å²) < 4.78 is 10.6. The van der Waals surface area contributed by atoms with Crippen molar-refractivity contribution in [3.8, 4) is 0 Å². The molecule has 2 amide bonds. The molecule has 0 bridgehead atoms. The Kier molecular flexibility index (Phi) is 6.14. The van der Waals surface area contributed by atoms with E-state index in [1.54, 1.807) is 41.5 Å². The number of hydrogen-bond acceptors (Lipinski definition) is 6. The topological polar surface area (TPSA) is 90.0 Å². The van der Waals surface area contributed by atoms with Crippen molar-refractivity contribution in [3.63, 3.8) is 0 Å². The summed E-state index contributed by atoms with van der Waals surface area (Å²) in [5.41, 5.74) is -1.55. The van der Waals surface area contributed by atoms with Gasteiger partial charge in [-0.05, 0) is 54.4 Å². The molecule has 0 spiro atoms. The first-order chi connectivity index (χ1) is 10.9. The van der Waals surface area contributed by atoms with Gasteiger partial charge in [-0.25, -0.2) is 14.5 Å². The number of hydrogen-bond donors (Lipinski definition) is 0. The van der Waals surface area contributed by atoms with Crippen LogP contribution in [0.1, 0.15) is 60.8 Å². The van der Waals surface area contributed by atoms with Gasteiger partial charge in [0, 0.05) is 12.3 Å². The third kappa shape index (κ3) is 5.62. The zero-order chi connectivity index (χ0) is 18.7. The minimum Gasteiger partial charge on any atom is -0.458 e. The number of imide groups is 1. The second-order valence-corrected chi connectivity index (χ2v) is 7.91. The molecule has 1 aliphatic rings. The molecular weight excluding hydrogens is 314 g/mol. The van der Waals surface area contributed by atoms with Crippen LogP contribution < -0.4 is 0 Å². The van der Waals surface area contributed by atoms with E-state index in [0.29, 0.717) is 12.7 Å². The lowest BCUT2D eigenvalue weighted by Gasteiger charge is -2.37. The first kappa shape index (κ1) is 20.1. The summed E-state index contributed by atoms with van der Waals surface area (Å²) in [6.45, 7) is 10.1. The SMILES string of the molecule is CC(C)(C)OC(=O)[C@@H]1CCC(CC=O)C(=O)N1C(=O)OC(C)(C)C. The van der Waals surface area contributed by atoms with Crippen LogP contribution in [0.4, 0.5) is 4.79 Å². The number of nitrogens with zero attached hydrogens (tertiary/aromatic N) is 1. The summed E-state index contributed by atoms with van der Waals surface area (Å²) in [5.74, 6) is -1.83. The van der Waals surface area contributed by atoms with Crippen molar-refractivity contribution in [2.24, 2.45) is 5.92 Å². The Morgan fingerprint density at radius 2 is 1.62 bits per heavy atom. The normalized spacial score (nSPS) is 22.1. The van der Waals surface area contributed by atoms with Crippen molar-refractivity contribution in [3.05, 3.63) is 0 Å². The standard InChI is InChI=1S/C17H27NO6/c1-16(2,3)23-14(21)12-8-7-11(9-10-19)13(20)18(12)15(22)24-17(4,5)6/h10-12H,7-9H2,1-6H3/t11?,12-/m0/s1. The fourth-order valence-electron chi connectivity index (χ4n) is 2.42. The highest BCUT2D eigenvalue weighted by Crippen LogP contribution is 2.28. The molecule has 0 N–H and O–H groups in total. The molecule has 7 nitrogen and oxygen atoms in total. The fraction of sp³-hybridized carbons (Fsp3) is 0.765. The van der Waals surface area contributed by atoms with E-state index in [1.165, 1.54) is 0 Å². The van der Waals surface area contributed by atoms with Crippen molar-refractivity contribution >= 4 is 24.3 Å². The van der Waals surface area contributed by atoms with Gasteiger partial charge in [-0.1, -0.05) is 0 Å². The van der Waals surface area contributed by atoms with E-state index in [4.69, 9.17) is 9.47 Å². The minimum absolute atomic E-state index is 0.0131. The van der Waals surface area contributed by atoms with Crippen molar-refractivity contribution in [1.82, 2.24) is 4.90 Å². The zero-order valence-electron chi connectivity index (χ0n) is 15.3. The van der Waals surface area contributed by atoms with Gasteiger partial charge < -0.3 is 14.3 Å². The van der Waals surface area contributed by atoms with E-state index < -0.39 is 41.1 Å². The lowest BCUT2D eigenvalue weighted by molar-refractivity contribution is -0.168. The minimum atomic E-state index is -1.03. The van der Waals surface area contributed by atoms with Crippen LogP contribution in [0.5, 0.6) is 0 Å². The predicted molar refractivity (Wildman–Crippen MR) is 86.1 cm³/mol. The summed E-state index contributed by atoms with van der Waals surface area (Å²) in [4.78, 5) is 49.0. The van der Waals surface area contributed by atoms with Gasteiger partial charge in [-0.3, -0.25) is 4.79 Å². The van der Waals surface area contributed by atoms with Crippen molar-refractivity contribution < 1.29 is 28.7 Å². The van der Waals surface area contributed by atoms with E-state index in [-0.39, 0.29) is 12.8 Å². The molecule has 1 saturated heterocycles. The van der Waals surface area contributed by atoms with Crippen LogP contribution in [-0.4, -0.2) is 46.4 Å². The molecule has 0 radical (unpaired) electrons. The molecule has 0 aromatic rings. The lowest BCUT2D eigenvalue weighted by Crippen LogP contribution is -2.56. The molecule has 0 aromatic heterocycles. The van der Waals surface area contributed by atoms with Crippen LogP contribution in [0.25, 0.3) is 0 Å². The summed E-state index contributed by atoms with van der Waals surface area (Å²) in [6, 6.07) is -1.03. The van der Waals surface area contributed by atoms with Gasteiger partial charge in [-0.2, -0.15) is 0 Å². The molecule has 0 saturated carbocycles. The van der Waals surface area contributed by atoms with Crippen molar-refractivity contribution in [2.45, 2.75) is 78.0 Å². The fourth-order valence-corrected chi connectivity index (χ4v) is 2.42. The number of carbonyl (C=O) groups excluding carboxylic acids is 4. The first-order valence-corrected chi connectivity index (χ1v) is 8.08. The number of esters is 1. The van der Waals surface area contributed by atoms with Crippen LogP contribution in [0.2, 0.25) is 0 Å². The molecule has 0 aromatic carbocycles. The highest BCUT2D eigenvalue weighted by molar-refractivity contribution is 5.99. The third-order valence-electron chi connectivity index (χ3n) is 3.34. The molecule has 1 unspecified atom stereocenters. The van der Waals surface area contributed by atoms with E-state index in [1.807, 2.05) is 0 Å². The number of rotatable bonds is 3. The number of aldehydes is 1. The average molecular weight is 341 g/mol. The maximum atomic E-state index is 12.6. The summed E-state index contributed by atoms with van der Waals surface area (Å²) in [5, 5.41) is 0. The van der Waals surface area contributed by atoms with Gasteiger partial charge in [0.15, 0.2) is 0 Å². The number of amides is 2. The molecule has 2 atom stereocenters. The van der Waals surface area contributed by atoms with Crippen LogP contribution in [0.3, 0.4) is 0 Å². The summed E-state index contributed by atoms with van der Waals surface area (Å²) in [7, 11) is 0. The molecule has 24 heavy (non-hydrogen) atoms. The monoisotopic (exact) mass is 341 g/mol. The van der Waals surface area contributed by atoms with Gasteiger partial charge >= 0.3 is 12.1 Å². The third-order valence-corrected chi connectivity index (χ3v) is 3.34. The molecule has 0 aliphatic carbocycles. The Morgan fingerprint density at radius 3 is 2.08 bits per heavy atom. The zero-order valence-corrected chi connectivity index (χ0v) is 15.3. The van der Waals surface area contributed by atoms with Crippen molar-refractivity contribution in [2.75, 3.05) is 0 Å². The van der Waals surface area contributed by atoms with Crippen LogP contribution in [-0.2, 0) is 23.9 Å². The van der Waals surface area contributed by atoms with Gasteiger partial charge in [0.2, 0.25) is 5.91 Å². The maximum Gasteiger partial charge on any atom is 0.417 e. The van der Waals surface area contributed by atoms with Crippen LogP contribution in [0, 0.1) is 5.92 Å². The predicted octanol–water partition coefficient (Wildman–Crippen LogP) is 2.46. The van der Waals surface area contributed by atoms with E-state index in [2.05, 4.69) is 0 Å². The summed E-state index contributed by atoms with van der Waals surface area (Å²) >= 11 is 0. The molecule has 136 valence electrons. The van der Waals surface area contributed by atoms with Gasteiger partial charge in [-0.15, -0.1) is 0 Å². The van der Waals surface area contributed by atoms with Crippen LogP contribution in [0.15, 0.2) is 0 Å². The quantitative estimate of drug-likeness (QED) is 0.578. The number of likely N-dealkylation sites (tertiary alicyclic amines) is 1. The molecule has 7 heteroatoms. The first-order valence-electron chi connectivity index (χ1n) is 8.08. The lowest BCUT2D eigenvalue weighted by atomic mass is 9.90. The molecule has 1 aliphatic heterocycles. The van der Waals surface area contributed by atoms with E-state index >= 15 is 0 Å². The number of piperidine rings is 1. The number of carbonyl (C=O) groups is 4. The smallest absolute Gasteiger partial charge is 0.417 e. The second kappa shape index (κ2) is 7.32. The Bertz CT molecular complexity index is 514. The van der Waals surface area contributed by atoms with Gasteiger partial charge in [0.25, 0.3) is 0 Å². The number of ether oxygens (including phenoxy) is 2. The largest absolute Gasteiger partial charge is 0.458 e. The molecular formula is C17H27NO6. The second-order valence-electron chi connectivity index (χ2n) is 7.91. The highest BCUT2D eigenvalue weighted by Gasteiger charge is 2.45. The Hall–Kier alpha value is -1.92. The Labute approximate surface area is 142 Å².